The average Bonchev–Trinajstić information content (AvgIpc) is 3.44. The first kappa shape index (κ1) is 31.1. The number of alkyl halides is 3. The maximum absolute atomic E-state index is 10.6. The number of likely N-dealkylation sites (N-methyl/N-ethyl adjacent to an activating group) is 1. The van der Waals surface area contributed by atoms with E-state index in [1.807, 2.05) is 36.3 Å². The Bertz CT molecular complexity index is 1320. The lowest BCUT2D eigenvalue weighted by Crippen LogP contribution is -2.38. The van der Waals surface area contributed by atoms with Crippen LogP contribution < -0.4 is 19.9 Å². The molecule has 42 heavy (non-hydrogen) atoms. The number of anilines is 3. The van der Waals surface area contributed by atoms with Gasteiger partial charge in [-0.25, -0.2) is 4.79 Å². The largest absolute Gasteiger partial charge is 0.492 e. The standard InChI is InChI=1S/C24H31ClN8O2.C2HF3O2/c1-32(7-12-35-20-4-2-3-19(25)14-20)23-28-22(29-24(30-23)33-8-10-34-11-9-33)26-15-17-5-6-18-16-27-31-21(18)13-17;3-2(4,5)1(6)7/h2-4,14,16-17H,5-13,15H2,1H3,(H,27,31)(H,26,28,29,30);(H,6,7). The SMILES string of the molecule is CN(CCOc1cccc(Cl)c1)c1nc(NCC2CCc3cn[nH]c3C2)nc(N2CCOCC2)n1.O=C(O)C(F)(F)F. The molecule has 3 heterocycles. The molecule has 2 aliphatic rings. The molecule has 1 saturated heterocycles. The van der Waals surface area contributed by atoms with Crippen molar-refractivity contribution in [1.29, 1.82) is 0 Å². The number of H-pyrrole nitrogens is 1. The van der Waals surface area contributed by atoms with Gasteiger partial charge in [0.05, 0.1) is 26.0 Å². The summed E-state index contributed by atoms with van der Waals surface area (Å²) in [6.45, 7) is 4.75. The van der Waals surface area contributed by atoms with Crippen LogP contribution in [0.25, 0.3) is 0 Å². The third-order valence-electron chi connectivity index (χ3n) is 6.65. The molecule has 1 aliphatic heterocycles. The molecule has 2 aromatic heterocycles. The summed E-state index contributed by atoms with van der Waals surface area (Å²) in [5, 5.41) is 18.6. The second kappa shape index (κ2) is 14.4. The number of morpholine rings is 1. The molecule has 0 radical (unpaired) electrons. The van der Waals surface area contributed by atoms with Gasteiger partial charge in [-0.1, -0.05) is 17.7 Å². The van der Waals surface area contributed by atoms with Crippen molar-refractivity contribution in [2.45, 2.75) is 25.4 Å². The highest BCUT2D eigenvalue weighted by molar-refractivity contribution is 6.30. The summed E-state index contributed by atoms with van der Waals surface area (Å²) in [5.74, 6) is 0.354. The number of aliphatic carboxylic acids is 1. The number of carboxylic acids is 1. The first-order valence-corrected chi connectivity index (χ1v) is 13.7. The highest BCUT2D eigenvalue weighted by Gasteiger charge is 2.38. The molecule has 228 valence electrons. The minimum absolute atomic E-state index is 0.479. The van der Waals surface area contributed by atoms with E-state index in [-0.39, 0.29) is 0 Å². The van der Waals surface area contributed by atoms with E-state index in [0.717, 1.165) is 44.6 Å². The smallest absolute Gasteiger partial charge is 0.490 e. The van der Waals surface area contributed by atoms with E-state index in [1.165, 1.54) is 11.3 Å². The fraction of sp³-hybridized carbons (Fsp3) is 0.500. The topological polar surface area (TPSA) is 142 Å². The Labute approximate surface area is 245 Å². The molecule has 0 bridgehead atoms. The summed E-state index contributed by atoms with van der Waals surface area (Å²) in [6.07, 6.45) is 0.0126. The number of aryl methyl sites for hydroxylation is 1. The Morgan fingerprint density at radius 3 is 2.76 bits per heavy atom. The lowest BCUT2D eigenvalue weighted by molar-refractivity contribution is -0.192. The fourth-order valence-electron chi connectivity index (χ4n) is 4.36. The summed E-state index contributed by atoms with van der Waals surface area (Å²) in [7, 11) is 1.96. The van der Waals surface area contributed by atoms with E-state index in [4.69, 9.17) is 45.9 Å². The van der Waals surface area contributed by atoms with Crippen LogP contribution in [0, 0.1) is 5.92 Å². The third-order valence-corrected chi connectivity index (χ3v) is 6.89. The van der Waals surface area contributed by atoms with Gasteiger partial charge in [0.1, 0.15) is 12.4 Å². The van der Waals surface area contributed by atoms with Crippen LogP contribution in [0.5, 0.6) is 5.75 Å². The Morgan fingerprint density at radius 1 is 1.29 bits per heavy atom. The van der Waals surface area contributed by atoms with Crippen molar-refractivity contribution in [2.75, 3.05) is 68.2 Å². The Balaban J connectivity index is 0.000000517. The van der Waals surface area contributed by atoms with Gasteiger partial charge in [0.15, 0.2) is 0 Å². The molecule has 1 atom stereocenters. The van der Waals surface area contributed by atoms with E-state index >= 15 is 0 Å². The van der Waals surface area contributed by atoms with Crippen molar-refractivity contribution in [3.05, 3.63) is 46.7 Å². The van der Waals surface area contributed by atoms with E-state index in [2.05, 4.69) is 20.4 Å². The molecular formula is C26H32ClF3N8O4. The van der Waals surface area contributed by atoms with Crippen LogP contribution in [0.1, 0.15) is 17.7 Å². The quantitative estimate of drug-likeness (QED) is 0.327. The van der Waals surface area contributed by atoms with Crippen molar-refractivity contribution < 1.29 is 32.5 Å². The maximum Gasteiger partial charge on any atom is 0.490 e. The number of carboxylic acid groups (broad SMARTS) is 1. The molecular weight excluding hydrogens is 581 g/mol. The number of nitrogens with zero attached hydrogens (tertiary/aromatic N) is 6. The lowest BCUT2D eigenvalue weighted by Gasteiger charge is -2.28. The molecule has 16 heteroatoms. The Morgan fingerprint density at radius 2 is 2.05 bits per heavy atom. The zero-order valence-electron chi connectivity index (χ0n) is 22.9. The van der Waals surface area contributed by atoms with Crippen LogP contribution >= 0.6 is 11.6 Å². The Kier molecular flexibility index (Phi) is 10.6. The predicted octanol–water partition coefficient (Wildman–Crippen LogP) is 3.45. The van der Waals surface area contributed by atoms with Crippen LogP contribution in [0.2, 0.25) is 5.02 Å². The van der Waals surface area contributed by atoms with E-state index in [1.54, 1.807) is 6.07 Å². The van der Waals surface area contributed by atoms with Crippen molar-refractivity contribution in [3.8, 4) is 5.75 Å². The van der Waals surface area contributed by atoms with Crippen LogP contribution in [0.4, 0.5) is 31.0 Å². The average molecular weight is 613 g/mol. The number of fused-ring (bicyclic) bond motifs is 1. The molecule has 0 amide bonds. The number of ether oxygens (including phenoxy) is 2. The van der Waals surface area contributed by atoms with Crippen molar-refractivity contribution in [1.82, 2.24) is 25.1 Å². The number of benzene rings is 1. The van der Waals surface area contributed by atoms with Crippen molar-refractivity contribution >= 4 is 35.4 Å². The molecule has 0 spiro atoms. The van der Waals surface area contributed by atoms with Gasteiger partial charge in [0.25, 0.3) is 0 Å². The monoisotopic (exact) mass is 612 g/mol. The summed E-state index contributed by atoms with van der Waals surface area (Å²) < 4.78 is 43.1. The van der Waals surface area contributed by atoms with Crippen LogP contribution in [-0.2, 0) is 22.4 Å². The summed E-state index contributed by atoms with van der Waals surface area (Å²) in [4.78, 5) is 27.3. The Hall–Kier alpha value is -3.85. The highest BCUT2D eigenvalue weighted by atomic mass is 35.5. The number of carbonyl (C=O) groups is 1. The van der Waals surface area contributed by atoms with E-state index < -0.39 is 12.1 Å². The molecule has 12 nitrogen and oxygen atoms in total. The van der Waals surface area contributed by atoms with Crippen LogP contribution in [0.3, 0.4) is 0 Å². The molecule has 3 N–H and O–H groups in total. The zero-order chi connectivity index (χ0) is 30.1. The number of rotatable bonds is 9. The summed E-state index contributed by atoms with van der Waals surface area (Å²) >= 11 is 6.05. The maximum atomic E-state index is 10.6. The van der Waals surface area contributed by atoms with Gasteiger partial charge < -0.3 is 29.7 Å². The van der Waals surface area contributed by atoms with Crippen molar-refractivity contribution in [3.63, 3.8) is 0 Å². The van der Waals surface area contributed by atoms with Gasteiger partial charge in [0.2, 0.25) is 17.8 Å². The molecule has 3 aromatic rings. The van der Waals surface area contributed by atoms with E-state index in [9.17, 15) is 13.2 Å². The van der Waals surface area contributed by atoms with E-state index in [0.29, 0.717) is 55.2 Å². The number of halogens is 4. The molecule has 1 aliphatic carbocycles. The molecule has 0 saturated carbocycles. The first-order chi connectivity index (χ1) is 20.1. The fourth-order valence-corrected chi connectivity index (χ4v) is 4.54. The lowest BCUT2D eigenvalue weighted by atomic mass is 9.88. The van der Waals surface area contributed by atoms with Gasteiger partial charge in [-0.3, -0.25) is 5.10 Å². The van der Waals surface area contributed by atoms with Gasteiger partial charge in [0, 0.05) is 37.4 Å². The number of nitrogens with one attached hydrogen (secondary N) is 2. The van der Waals surface area contributed by atoms with Gasteiger partial charge in [-0.15, -0.1) is 0 Å². The number of hydrogen-bond donors (Lipinski definition) is 3. The number of aromatic amines is 1. The van der Waals surface area contributed by atoms with Gasteiger partial charge in [-0.2, -0.15) is 33.2 Å². The second-order valence-electron chi connectivity index (χ2n) is 9.75. The predicted molar refractivity (Wildman–Crippen MR) is 149 cm³/mol. The molecule has 1 unspecified atom stereocenters. The molecule has 1 aromatic carbocycles. The normalized spacial score (nSPS) is 16.6. The summed E-state index contributed by atoms with van der Waals surface area (Å²) in [6, 6.07) is 7.40. The van der Waals surface area contributed by atoms with Crippen LogP contribution in [0.15, 0.2) is 30.5 Å². The minimum Gasteiger partial charge on any atom is -0.492 e. The van der Waals surface area contributed by atoms with Crippen LogP contribution in [-0.4, -0.2) is 95.4 Å². The number of hydrogen-bond acceptors (Lipinski definition) is 10. The minimum atomic E-state index is -5.08. The van der Waals surface area contributed by atoms with Gasteiger partial charge >= 0.3 is 12.1 Å². The number of aromatic nitrogens is 5. The van der Waals surface area contributed by atoms with Gasteiger partial charge in [-0.05, 0) is 48.9 Å². The second-order valence-corrected chi connectivity index (χ2v) is 10.2. The third kappa shape index (κ3) is 9.08. The highest BCUT2D eigenvalue weighted by Crippen LogP contribution is 2.24. The summed E-state index contributed by atoms with van der Waals surface area (Å²) in [5.41, 5.74) is 2.58. The molecule has 5 rings (SSSR count). The molecule has 1 fully saturated rings. The van der Waals surface area contributed by atoms with Crippen molar-refractivity contribution in [2.24, 2.45) is 5.92 Å². The zero-order valence-corrected chi connectivity index (χ0v) is 23.7. The first-order valence-electron chi connectivity index (χ1n) is 13.3.